The molecule has 0 N–H and O–H groups in total. The van der Waals surface area contributed by atoms with Gasteiger partial charge in [0.15, 0.2) is 0 Å². The van der Waals surface area contributed by atoms with Crippen LogP contribution in [0.5, 0.6) is 0 Å². The zero-order valence-electron chi connectivity index (χ0n) is 9.17. The topological polar surface area (TPSA) is 52.0 Å². The van der Waals surface area contributed by atoms with Crippen molar-refractivity contribution in [3.63, 3.8) is 0 Å². The zero-order valence-corrected chi connectivity index (χ0v) is 9.98. The fraction of sp³-hybridized carbons (Fsp3) is 0.182. The molecule has 1 aromatic carbocycles. The molecule has 0 fully saturated rings. The van der Waals surface area contributed by atoms with Gasteiger partial charge >= 0.3 is 0 Å². The van der Waals surface area contributed by atoms with Crippen LogP contribution in [0.4, 0.5) is 4.39 Å². The highest BCUT2D eigenvalue weighted by molar-refractivity contribution is 7.90. The second-order valence-electron chi connectivity index (χ2n) is 3.70. The van der Waals surface area contributed by atoms with Crippen molar-refractivity contribution in [2.24, 2.45) is 0 Å². The minimum absolute atomic E-state index is 0.0549. The van der Waals surface area contributed by atoms with Gasteiger partial charge in [-0.3, -0.25) is 0 Å². The third kappa shape index (κ3) is 2.52. The minimum atomic E-state index is -3.39. The standard InChI is InChI=1S/C11H11FN2O2S/c1-17(15,16)11-13-6-7-14(11)8-9-4-2-3-5-10(9)12/h2-7H,8H2,1H3. The van der Waals surface area contributed by atoms with Crippen molar-refractivity contribution in [3.05, 3.63) is 48.0 Å². The Labute approximate surface area is 98.6 Å². The molecule has 0 unspecified atom stereocenters. The van der Waals surface area contributed by atoms with E-state index in [-0.39, 0.29) is 17.5 Å². The third-order valence-corrected chi connectivity index (χ3v) is 3.31. The summed E-state index contributed by atoms with van der Waals surface area (Å²) in [4.78, 5) is 3.77. The van der Waals surface area contributed by atoms with E-state index in [2.05, 4.69) is 4.98 Å². The van der Waals surface area contributed by atoms with Gasteiger partial charge in [0.2, 0.25) is 15.0 Å². The molecule has 2 rings (SSSR count). The summed E-state index contributed by atoms with van der Waals surface area (Å²) < 4.78 is 37.7. The summed E-state index contributed by atoms with van der Waals surface area (Å²) in [6, 6.07) is 6.24. The van der Waals surface area contributed by atoms with Gasteiger partial charge in [-0.2, -0.15) is 0 Å². The van der Waals surface area contributed by atoms with Gasteiger partial charge in [0, 0.05) is 24.2 Å². The van der Waals surface area contributed by atoms with Crippen LogP contribution in [0.3, 0.4) is 0 Å². The monoisotopic (exact) mass is 254 g/mol. The molecule has 0 aliphatic heterocycles. The first-order chi connectivity index (χ1) is 7.98. The number of hydrogen-bond acceptors (Lipinski definition) is 3. The Bertz CT molecular complexity index is 634. The van der Waals surface area contributed by atoms with E-state index in [0.29, 0.717) is 5.56 Å². The van der Waals surface area contributed by atoms with E-state index in [1.54, 1.807) is 18.2 Å². The number of imidazole rings is 1. The van der Waals surface area contributed by atoms with Crippen molar-refractivity contribution in [2.75, 3.05) is 6.26 Å². The Morgan fingerprint density at radius 1 is 1.35 bits per heavy atom. The molecule has 0 bridgehead atoms. The molecule has 0 atom stereocenters. The number of sulfone groups is 1. The maximum atomic E-state index is 13.4. The smallest absolute Gasteiger partial charge is 0.227 e. The predicted octanol–water partition coefficient (Wildman–Crippen LogP) is 1.47. The Balaban J connectivity index is 2.39. The molecule has 1 heterocycles. The first-order valence-corrected chi connectivity index (χ1v) is 6.82. The fourth-order valence-electron chi connectivity index (χ4n) is 1.55. The number of rotatable bonds is 3. The average molecular weight is 254 g/mol. The van der Waals surface area contributed by atoms with Gasteiger partial charge in [-0.25, -0.2) is 17.8 Å². The summed E-state index contributed by atoms with van der Waals surface area (Å²) in [7, 11) is -3.39. The maximum absolute atomic E-state index is 13.4. The van der Waals surface area contributed by atoms with E-state index in [1.165, 1.54) is 23.0 Å². The Hall–Kier alpha value is -1.69. The average Bonchev–Trinajstić information content (AvgIpc) is 2.69. The van der Waals surface area contributed by atoms with Crippen LogP contribution in [0.1, 0.15) is 5.56 Å². The number of benzene rings is 1. The van der Waals surface area contributed by atoms with E-state index >= 15 is 0 Å². The third-order valence-electron chi connectivity index (χ3n) is 2.31. The molecule has 0 amide bonds. The summed E-state index contributed by atoms with van der Waals surface area (Å²) in [5, 5.41) is -0.0549. The Morgan fingerprint density at radius 2 is 2.06 bits per heavy atom. The lowest BCUT2D eigenvalue weighted by atomic mass is 10.2. The second-order valence-corrected chi connectivity index (χ2v) is 5.61. The predicted molar refractivity (Wildman–Crippen MR) is 60.8 cm³/mol. The van der Waals surface area contributed by atoms with E-state index < -0.39 is 9.84 Å². The van der Waals surface area contributed by atoms with Crippen molar-refractivity contribution in [1.82, 2.24) is 9.55 Å². The molecule has 4 nitrogen and oxygen atoms in total. The summed E-state index contributed by atoms with van der Waals surface area (Å²) in [5.41, 5.74) is 0.426. The van der Waals surface area contributed by atoms with Crippen LogP contribution in [-0.4, -0.2) is 24.2 Å². The Morgan fingerprint density at radius 3 is 2.71 bits per heavy atom. The van der Waals surface area contributed by atoms with Crippen LogP contribution in [0.25, 0.3) is 0 Å². The number of hydrogen-bond donors (Lipinski definition) is 0. The summed E-state index contributed by atoms with van der Waals surface area (Å²) in [5.74, 6) is -0.361. The highest BCUT2D eigenvalue weighted by Gasteiger charge is 2.15. The van der Waals surface area contributed by atoms with Crippen LogP contribution in [0, 0.1) is 5.82 Å². The fourth-order valence-corrected chi connectivity index (χ4v) is 2.36. The van der Waals surface area contributed by atoms with E-state index in [4.69, 9.17) is 0 Å². The quantitative estimate of drug-likeness (QED) is 0.833. The summed E-state index contributed by atoms with van der Waals surface area (Å²) in [6.07, 6.45) is 3.98. The second kappa shape index (κ2) is 4.29. The van der Waals surface area contributed by atoms with E-state index in [1.807, 2.05) is 0 Å². The van der Waals surface area contributed by atoms with Gasteiger partial charge in [-0.1, -0.05) is 18.2 Å². The molecular weight excluding hydrogens is 243 g/mol. The van der Waals surface area contributed by atoms with Crippen molar-refractivity contribution in [1.29, 1.82) is 0 Å². The summed E-state index contributed by atoms with van der Waals surface area (Å²) in [6.45, 7) is 0.148. The van der Waals surface area contributed by atoms with Crippen LogP contribution < -0.4 is 0 Å². The zero-order chi connectivity index (χ0) is 12.5. The highest BCUT2D eigenvalue weighted by atomic mass is 32.2. The molecule has 0 aliphatic rings. The van der Waals surface area contributed by atoms with E-state index in [9.17, 15) is 12.8 Å². The van der Waals surface area contributed by atoms with Gasteiger partial charge in [0.25, 0.3) is 0 Å². The van der Waals surface area contributed by atoms with Crippen molar-refractivity contribution >= 4 is 9.84 Å². The van der Waals surface area contributed by atoms with Crippen molar-refractivity contribution < 1.29 is 12.8 Å². The van der Waals surface area contributed by atoms with Gasteiger partial charge in [0.05, 0.1) is 6.54 Å². The molecule has 0 spiro atoms. The molecule has 2 aromatic rings. The lowest BCUT2D eigenvalue weighted by Crippen LogP contribution is -2.10. The number of aromatic nitrogens is 2. The molecule has 1 aromatic heterocycles. The van der Waals surface area contributed by atoms with Gasteiger partial charge in [-0.15, -0.1) is 0 Å². The van der Waals surface area contributed by atoms with Crippen molar-refractivity contribution in [3.8, 4) is 0 Å². The highest BCUT2D eigenvalue weighted by Crippen LogP contribution is 2.12. The SMILES string of the molecule is CS(=O)(=O)c1nccn1Cc1ccccc1F. The Kier molecular flexibility index (Phi) is 2.97. The largest absolute Gasteiger partial charge is 0.317 e. The van der Waals surface area contributed by atoms with Crippen LogP contribution in [-0.2, 0) is 16.4 Å². The minimum Gasteiger partial charge on any atom is -0.317 e. The van der Waals surface area contributed by atoms with Crippen LogP contribution in [0.15, 0.2) is 41.8 Å². The molecule has 0 saturated heterocycles. The molecule has 0 radical (unpaired) electrons. The van der Waals surface area contributed by atoms with Gasteiger partial charge in [-0.05, 0) is 6.07 Å². The van der Waals surface area contributed by atoms with Crippen LogP contribution in [0.2, 0.25) is 0 Å². The lowest BCUT2D eigenvalue weighted by molar-refractivity contribution is 0.565. The molecular formula is C11H11FN2O2S. The molecule has 0 aliphatic carbocycles. The lowest BCUT2D eigenvalue weighted by Gasteiger charge is -2.07. The van der Waals surface area contributed by atoms with Crippen LogP contribution >= 0.6 is 0 Å². The normalized spacial score (nSPS) is 11.6. The number of halogens is 1. The first-order valence-electron chi connectivity index (χ1n) is 4.93. The van der Waals surface area contributed by atoms with E-state index in [0.717, 1.165) is 6.26 Å². The molecule has 6 heteroatoms. The number of nitrogens with zero attached hydrogens (tertiary/aromatic N) is 2. The van der Waals surface area contributed by atoms with Gasteiger partial charge < -0.3 is 4.57 Å². The van der Waals surface area contributed by atoms with Gasteiger partial charge in [0.1, 0.15) is 5.82 Å². The molecule has 0 saturated carbocycles. The summed E-state index contributed by atoms with van der Waals surface area (Å²) >= 11 is 0. The molecule has 17 heavy (non-hydrogen) atoms. The van der Waals surface area contributed by atoms with Crippen molar-refractivity contribution in [2.45, 2.75) is 11.7 Å². The maximum Gasteiger partial charge on any atom is 0.227 e. The first kappa shape index (κ1) is 11.8. The molecule has 90 valence electrons.